The Kier molecular flexibility index (Phi) is 5.47. The number of fused-ring (bicyclic) bond motifs is 1. The first-order valence-electron chi connectivity index (χ1n) is 9.74. The number of hydrogen-bond acceptors (Lipinski definition) is 7. The Bertz CT molecular complexity index is 921. The average molecular weight is 394 g/mol. The van der Waals surface area contributed by atoms with Gasteiger partial charge in [0, 0.05) is 18.4 Å². The molecule has 1 aromatic carbocycles. The number of aromatic nitrogens is 2. The minimum absolute atomic E-state index is 0.0487. The summed E-state index contributed by atoms with van der Waals surface area (Å²) in [6.07, 6.45) is 4.93. The number of hydrogen-bond donors (Lipinski definition) is 1. The number of amides is 1. The smallest absolute Gasteiger partial charge is 0.265 e. The molecular formula is C21H22N4O4. The van der Waals surface area contributed by atoms with Crippen LogP contribution >= 0.6 is 0 Å². The maximum absolute atomic E-state index is 12.7. The molecule has 0 spiro atoms. The lowest BCUT2D eigenvalue weighted by Gasteiger charge is -2.34. The highest BCUT2D eigenvalue weighted by atomic mass is 16.6. The van der Waals surface area contributed by atoms with E-state index in [0.717, 1.165) is 25.7 Å². The SMILES string of the molecule is C[C@@H]1Oc2ccccc2O[C@@H]1C(=O)NC1CCC(Oc2nccnc2C#N)CC1. The molecule has 0 unspecified atom stereocenters. The molecule has 2 heterocycles. The van der Waals surface area contributed by atoms with E-state index in [0.29, 0.717) is 11.5 Å². The number of ether oxygens (including phenoxy) is 3. The standard InChI is InChI=1S/C21H22N4O4/c1-13-19(29-18-5-3-2-4-17(18)27-13)20(26)25-14-6-8-15(9-7-14)28-21-16(12-22)23-10-11-24-21/h2-5,10-11,13-15,19H,6-9H2,1H3,(H,25,26)/t13-,14?,15?,19-/m0/s1. The lowest BCUT2D eigenvalue weighted by molar-refractivity contribution is -0.134. The predicted octanol–water partition coefficient (Wildman–Crippen LogP) is 2.38. The van der Waals surface area contributed by atoms with E-state index in [1.165, 1.54) is 12.4 Å². The van der Waals surface area contributed by atoms with Crippen LogP contribution in [0.15, 0.2) is 36.7 Å². The summed E-state index contributed by atoms with van der Waals surface area (Å²) in [7, 11) is 0. The van der Waals surface area contributed by atoms with E-state index in [1.807, 2.05) is 31.2 Å². The summed E-state index contributed by atoms with van der Waals surface area (Å²) < 4.78 is 17.5. The number of carbonyl (C=O) groups excluding carboxylic acids is 1. The van der Waals surface area contributed by atoms with Crippen LogP contribution in [-0.4, -0.2) is 40.2 Å². The molecular weight excluding hydrogens is 372 g/mol. The minimum atomic E-state index is -0.684. The largest absolute Gasteiger partial charge is 0.482 e. The topological polar surface area (TPSA) is 106 Å². The number of carbonyl (C=O) groups is 1. The van der Waals surface area contributed by atoms with E-state index in [2.05, 4.69) is 15.3 Å². The van der Waals surface area contributed by atoms with Crippen LogP contribution in [0.5, 0.6) is 17.4 Å². The van der Waals surface area contributed by atoms with Crippen LogP contribution in [0, 0.1) is 11.3 Å². The van der Waals surface area contributed by atoms with Gasteiger partial charge in [-0.3, -0.25) is 4.79 Å². The number of benzene rings is 1. The first-order chi connectivity index (χ1) is 14.1. The van der Waals surface area contributed by atoms with Crippen molar-refractivity contribution in [2.24, 2.45) is 0 Å². The zero-order valence-corrected chi connectivity index (χ0v) is 16.1. The van der Waals surface area contributed by atoms with Crippen molar-refractivity contribution in [3.8, 4) is 23.4 Å². The van der Waals surface area contributed by atoms with Gasteiger partial charge in [0.1, 0.15) is 18.3 Å². The van der Waals surface area contributed by atoms with Crippen molar-refractivity contribution in [1.29, 1.82) is 5.26 Å². The Labute approximate surface area is 168 Å². The third-order valence-electron chi connectivity index (χ3n) is 5.17. The third-order valence-corrected chi connectivity index (χ3v) is 5.17. The Balaban J connectivity index is 1.30. The van der Waals surface area contributed by atoms with Gasteiger partial charge in [-0.2, -0.15) is 5.26 Å². The van der Waals surface area contributed by atoms with E-state index in [4.69, 9.17) is 19.5 Å². The molecule has 1 aromatic heterocycles. The van der Waals surface area contributed by atoms with Gasteiger partial charge < -0.3 is 19.5 Å². The molecule has 2 aliphatic rings. The fourth-order valence-corrected chi connectivity index (χ4v) is 3.66. The average Bonchev–Trinajstić information content (AvgIpc) is 2.75. The number of nitrogens with one attached hydrogen (secondary N) is 1. The molecule has 1 aliphatic heterocycles. The van der Waals surface area contributed by atoms with Crippen LogP contribution < -0.4 is 19.5 Å². The molecule has 0 saturated heterocycles. The van der Waals surface area contributed by atoms with Gasteiger partial charge in [0.2, 0.25) is 11.8 Å². The Hall–Kier alpha value is -3.34. The van der Waals surface area contributed by atoms with Gasteiger partial charge >= 0.3 is 0 Å². The quantitative estimate of drug-likeness (QED) is 0.848. The van der Waals surface area contributed by atoms with Crippen molar-refractivity contribution in [2.45, 2.75) is 57.0 Å². The zero-order chi connectivity index (χ0) is 20.2. The Morgan fingerprint density at radius 3 is 2.55 bits per heavy atom. The van der Waals surface area contributed by atoms with E-state index >= 15 is 0 Å². The highest BCUT2D eigenvalue weighted by molar-refractivity contribution is 5.82. The molecule has 1 saturated carbocycles. The third kappa shape index (κ3) is 4.24. The predicted molar refractivity (Wildman–Crippen MR) is 103 cm³/mol. The Morgan fingerprint density at radius 1 is 1.14 bits per heavy atom. The highest BCUT2D eigenvalue weighted by Gasteiger charge is 2.35. The number of nitriles is 1. The van der Waals surface area contributed by atoms with E-state index < -0.39 is 6.10 Å². The van der Waals surface area contributed by atoms with Gasteiger partial charge in [-0.15, -0.1) is 0 Å². The molecule has 2 aromatic rings. The van der Waals surface area contributed by atoms with Gasteiger partial charge in [0.25, 0.3) is 11.8 Å². The van der Waals surface area contributed by atoms with Gasteiger partial charge in [-0.1, -0.05) is 12.1 Å². The zero-order valence-electron chi connectivity index (χ0n) is 16.1. The van der Waals surface area contributed by atoms with Crippen molar-refractivity contribution in [1.82, 2.24) is 15.3 Å². The van der Waals surface area contributed by atoms with Crippen molar-refractivity contribution in [3.63, 3.8) is 0 Å². The fraction of sp³-hybridized carbons (Fsp3) is 0.429. The number of rotatable bonds is 4. The molecule has 8 heteroatoms. The molecule has 0 radical (unpaired) electrons. The first-order valence-corrected chi connectivity index (χ1v) is 9.74. The lowest BCUT2D eigenvalue weighted by atomic mass is 9.92. The van der Waals surface area contributed by atoms with E-state index in [-0.39, 0.29) is 35.7 Å². The van der Waals surface area contributed by atoms with Crippen LogP contribution in [0.1, 0.15) is 38.3 Å². The second-order valence-electron chi connectivity index (χ2n) is 7.23. The highest BCUT2D eigenvalue weighted by Crippen LogP contribution is 2.33. The molecule has 1 fully saturated rings. The summed E-state index contributed by atoms with van der Waals surface area (Å²) in [5, 5.41) is 12.2. The second-order valence-corrected chi connectivity index (χ2v) is 7.23. The second kappa shape index (κ2) is 8.35. The minimum Gasteiger partial charge on any atom is -0.482 e. The van der Waals surface area contributed by atoms with E-state index in [9.17, 15) is 4.79 Å². The van der Waals surface area contributed by atoms with Crippen LogP contribution in [0.2, 0.25) is 0 Å². The maximum atomic E-state index is 12.7. The first kappa shape index (κ1) is 19.0. The van der Waals surface area contributed by atoms with Gasteiger partial charge in [0.05, 0.1) is 0 Å². The van der Waals surface area contributed by atoms with Gasteiger partial charge in [-0.25, -0.2) is 9.97 Å². The van der Waals surface area contributed by atoms with Gasteiger partial charge in [0.15, 0.2) is 11.5 Å². The summed E-state index contributed by atoms with van der Waals surface area (Å²) in [4.78, 5) is 20.8. The molecule has 150 valence electrons. The van der Waals surface area contributed by atoms with Gasteiger partial charge in [-0.05, 0) is 44.7 Å². The molecule has 1 amide bonds. The summed E-state index contributed by atoms with van der Waals surface area (Å²) in [5.74, 6) is 1.34. The molecule has 1 N–H and O–H groups in total. The molecule has 8 nitrogen and oxygen atoms in total. The summed E-state index contributed by atoms with van der Waals surface area (Å²) >= 11 is 0. The number of nitrogens with zero attached hydrogens (tertiary/aromatic N) is 3. The van der Waals surface area contributed by atoms with Crippen LogP contribution in [0.4, 0.5) is 0 Å². The summed E-state index contributed by atoms with van der Waals surface area (Å²) in [6, 6.07) is 9.38. The van der Waals surface area contributed by atoms with Crippen LogP contribution in [-0.2, 0) is 4.79 Å². The fourth-order valence-electron chi connectivity index (χ4n) is 3.66. The van der Waals surface area contributed by atoms with Crippen LogP contribution in [0.25, 0.3) is 0 Å². The van der Waals surface area contributed by atoms with Crippen molar-refractivity contribution in [3.05, 3.63) is 42.4 Å². The maximum Gasteiger partial charge on any atom is 0.265 e. The normalized spacial score (nSPS) is 25.5. The van der Waals surface area contributed by atoms with Crippen molar-refractivity contribution in [2.75, 3.05) is 0 Å². The summed E-state index contributed by atoms with van der Waals surface area (Å²) in [5.41, 5.74) is 0.187. The Morgan fingerprint density at radius 2 is 1.83 bits per heavy atom. The molecule has 4 rings (SSSR count). The summed E-state index contributed by atoms with van der Waals surface area (Å²) in [6.45, 7) is 1.83. The van der Waals surface area contributed by atoms with Crippen LogP contribution in [0.3, 0.4) is 0 Å². The lowest BCUT2D eigenvalue weighted by Crippen LogP contribution is -2.52. The van der Waals surface area contributed by atoms with E-state index in [1.54, 1.807) is 6.07 Å². The van der Waals surface area contributed by atoms with Crippen molar-refractivity contribution < 1.29 is 19.0 Å². The molecule has 0 bridgehead atoms. The van der Waals surface area contributed by atoms with Crippen molar-refractivity contribution >= 4 is 5.91 Å². The molecule has 2 atom stereocenters. The monoisotopic (exact) mass is 394 g/mol. The molecule has 29 heavy (non-hydrogen) atoms. The molecule has 1 aliphatic carbocycles. The number of para-hydroxylation sites is 2.